The first-order valence-corrected chi connectivity index (χ1v) is 8.24. The highest BCUT2D eigenvalue weighted by atomic mass is 16.5. The van der Waals surface area contributed by atoms with Gasteiger partial charge in [-0.05, 0) is 37.1 Å². The van der Waals surface area contributed by atoms with Crippen molar-refractivity contribution in [2.24, 2.45) is 0 Å². The molecule has 6 heteroatoms. The zero-order chi connectivity index (χ0) is 17.4. The van der Waals surface area contributed by atoms with Gasteiger partial charge in [0.25, 0.3) is 11.8 Å². The van der Waals surface area contributed by atoms with Gasteiger partial charge in [-0.1, -0.05) is 24.3 Å². The molecule has 0 aliphatic carbocycles. The smallest absolute Gasteiger partial charge is 0.265 e. The van der Waals surface area contributed by atoms with Gasteiger partial charge in [0, 0.05) is 0 Å². The quantitative estimate of drug-likeness (QED) is 0.880. The van der Waals surface area contributed by atoms with Gasteiger partial charge in [-0.25, -0.2) is 0 Å². The van der Waals surface area contributed by atoms with Gasteiger partial charge in [-0.2, -0.15) is 0 Å². The van der Waals surface area contributed by atoms with Gasteiger partial charge < -0.3 is 20.1 Å². The molecular weight excluding hydrogens is 320 g/mol. The lowest BCUT2D eigenvalue weighted by Gasteiger charge is -2.28. The van der Waals surface area contributed by atoms with Crippen molar-refractivity contribution in [3.05, 3.63) is 53.6 Å². The van der Waals surface area contributed by atoms with Gasteiger partial charge in [0.05, 0.1) is 17.3 Å². The molecule has 2 unspecified atom stereocenters. The number of rotatable bonds is 2. The molecule has 2 heterocycles. The third kappa shape index (κ3) is 2.91. The van der Waals surface area contributed by atoms with E-state index >= 15 is 0 Å². The lowest BCUT2D eigenvalue weighted by molar-refractivity contribution is -0.122. The highest BCUT2D eigenvalue weighted by Gasteiger charge is 2.29. The Morgan fingerprint density at radius 2 is 2.04 bits per heavy atom. The molecular formula is C19H18N2O4. The van der Waals surface area contributed by atoms with E-state index in [0.717, 1.165) is 11.3 Å². The Labute approximate surface area is 145 Å². The van der Waals surface area contributed by atoms with Gasteiger partial charge in [0.2, 0.25) is 0 Å². The summed E-state index contributed by atoms with van der Waals surface area (Å²) in [4.78, 5) is 24.4. The van der Waals surface area contributed by atoms with Gasteiger partial charge in [-0.3, -0.25) is 9.59 Å². The maximum atomic E-state index is 12.7. The molecule has 0 saturated carbocycles. The highest BCUT2D eigenvalue weighted by molar-refractivity contribution is 6.04. The molecule has 2 aromatic rings. The first-order chi connectivity index (χ1) is 12.1. The third-order valence-electron chi connectivity index (χ3n) is 4.40. The molecule has 2 aromatic carbocycles. The minimum absolute atomic E-state index is 0.117. The van der Waals surface area contributed by atoms with Crippen LogP contribution in [0.2, 0.25) is 0 Å². The van der Waals surface area contributed by atoms with Crippen LogP contribution >= 0.6 is 0 Å². The molecule has 25 heavy (non-hydrogen) atoms. The Bertz CT molecular complexity index is 849. The maximum Gasteiger partial charge on any atom is 0.265 e. The number of hydrogen-bond donors (Lipinski definition) is 2. The molecule has 2 atom stereocenters. The summed E-state index contributed by atoms with van der Waals surface area (Å²) < 4.78 is 11.4. The topological polar surface area (TPSA) is 76.7 Å². The first-order valence-electron chi connectivity index (χ1n) is 8.24. The number of para-hydroxylation sites is 2. The number of ether oxygens (including phenoxy) is 2. The predicted octanol–water partition coefficient (Wildman–Crippen LogP) is 2.14. The molecule has 0 fully saturated rings. The lowest BCUT2D eigenvalue weighted by Crippen LogP contribution is -2.43. The number of hydrogen-bond acceptors (Lipinski definition) is 4. The second-order valence-electron chi connectivity index (χ2n) is 6.22. The molecule has 2 aliphatic rings. The van der Waals surface area contributed by atoms with Gasteiger partial charge in [0.1, 0.15) is 12.4 Å². The summed E-state index contributed by atoms with van der Waals surface area (Å²) in [5.41, 5.74) is 2.00. The van der Waals surface area contributed by atoms with Crippen LogP contribution in [0.4, 0.5) is 5.69 Å². The average Bonchev–Trinajstić information content (AvgIpc) is 2.62. The molecule has 0 spiro atoms. The molecule has 0 saturated heterocycles. The van der Waals surface area contributed by atoms with E-state index in [2.05, 4.69) is 10.6 Å². The number of carbonyl (C=O) groups is 2. The van der Waals surface area contributed by atoms with E-state index in [9.17, 15) is 9.59 Å². The monoisotopic (exact) mass is 338 g/mol. The number of benzene rings is 2. The predicted molar refractivity (Wildman–Crippen MR) is 92.1 cm³/mol. The summed E-state index contributed by atoms with van der Waals surface area (Å²) >= 11 is 0. The van der Waals surface area contributed by atoms with Crippen molar-refractivity contribution in [1.29, 1.82) is 0 Å². The molecule has 2 N–H and O–H groups in total. The minimum Gasteiger partial charge on any atom is -0.491 e. The van der Waals surface area contributed by atoms with Crippen molar-refractivity contribution in [3.8, 4) is 11.5 Å². The van der Waals surface area contributed by atoms with E-state index in [4.69, 9.17) is 9.47 Å². The van der Waals surface area contributed by atoms with E-state index in [1.54, 1.807) is 25.1 Å². The highest BCUT2D eigenvalue weighted by Crippen LogP contribution is 2.33. The van der Waals surface area contributed by atoms with Gasteiger partial charge in [0.15, 0.2) is 11.9 Å². The van der Waals surface area contributed by atoms with Crippen LogP contribution in [0, 0.1) is 0 Å². The summed E-state index contributed by atoms with van der Waals surface area (Å²) in [5.74, 6) is 0.810. The summed E-state index contributed by atoms with van der Waals surface area (Å²) in [6, 6.07) is 12.8. The first kappa shape index (κ1) is 15.5. The van der Waals surface area contributed by atoms with E-state index < -0.39 is 6.10 Å². The Morgan fingerprint density at radius 3 is 2.92 bits per heavy atom. The molecule has 0 bridgehead atoms. The van der Waals surface area contributed by atoms with Crippen molar-refractivity contribution >= 4 is 17.5 Å². The van der Waals surface area contributed by atoms with Gasteiger partial charge >= 0.3 is 0 Å². The number of nitrogens with one attached hydrogen (secondary N) is 2. The summed E-state index contributed by atoms with van der Waals surface area (Å²) in [5, 5.41) is 5.75. The zero-order valence-corrected chi connectivity index (χ0v) is 13.7. The molecule has 0 radical (unpaired) electrons. The number of fused-ring (bicyclic) bond motifs is 2. The van der Waals surface area contributed by atoms with Crippen molar-refractivity contribution in [2.75, 3.05) is 11.9 Å². The van der Waals surface area contributed by atoms with Gasteiger partial charge in [-0.15, -0.1) is 0 Å². The van der Waals surface area contributed by atoms with E-state index in [-0.39, 0.29) is 17.9 Å². The average molecular weight is 338 g/mol. The fourth-order valence-electron chi connectivity index (χ4n) is 3.09. The molecule has 6 nitrogen and oxygen atoms in total. The summed E-state index contributed by atoms with van der Waals surface area (Å²) in [7, 11) is 0. The number of amides is 2. The summed E-state index contributed by atoms with van der Waals surface area (Å²) in [6.07, 6.45) is 0.0802. The second kappa shape index (κ2) is 6.12. The van der Waals surface area contributed by atoms with Crippen molar-refractivity contribution in [3.63, 3.8) is 0 Å². The number of carbonyl (C=O) groups excluding carboxylic acids is 2. The minimum atomic E-state index is -0.633. The largest absolute Gasteiger partial charge is 0.491 e. The third-order valence-corrected chi connectivity index (χ3v) is 4.40. The molecule has 4 rings (SSSR count). The maximum absolute atomic E-state index is 12.7. The fraction of sp³-hybridized carbons (Fsp3) is 0.263. The standard InChI is InChI=1S/C19H18N2O4/c1-11-18(22)21-15-7-4-6-14(17(15)25-11)19(23)20-13-9-12-5-2-3-8-16(12)24-10-13/h2-8,11,13H,9-10H2,1H3,(H,20,23)(H,21,22). The second-order valence-corrected chi connectivity index (χ2v) is 6.22. The van der Waals surface area contributed by atoms with Crippen molar-refractivity contribution in [2.45, 2.75) is 25.5 Å². The van der Waals surface area contributed by atoms with Crippen LogP contribution in [0.1, 0.15) is 22.8 Å². The molecule has 0 aromatic heterocycles. The lowest BCUT2D eigenvalue weighted by atomic mass is 10.0. The normalized spacial score (nSPS) is 21.1. The van der Waals surface area contributed by atoms with E-state index in [0.29, 0.717) is 30.0 Å². The summed E-state index contributed by atoms with van der Waals surface area (Å²) in [6.45, 7) is 2.07. The van der Waals surface area contributed by atoms with Crippen LogP contribution in [0.3, 0.4) is 0 Å². The SMILES string of the molecule is CC1Oc2c(cccc2C(=O)NC2COc3ccccc3C2)NC1=O. The van der Waals surface area contributed by atoms with E-state index in [1.807, 2.05) is 24.3 Å². The van der Waals surface area contributed by atoms with Crippen LogP contribution in [-0.4, -0.2) is 30.6 Å². The molecule has 128 valence electrons. The zero-order valence-electron chi connectivity index (χ0n) is 13.7. The molecule has 2 aliphatic heterocycles. The fourth-order valence-corrected chi connectivity index (χ4v) is 3.09. The Morgan fingerprint density at radius 1 is 1.20 bits per heavy atom. The van der Waals surface area contributed by atoms with Crippen LogP contribution in [0.15, 0.2) is 42.5 Å². The number of anilines is 1. The van der Waals surface area contributed by atoms with E-state index in [1.165, 1.54) is 0 Å². The van der Waals surface area contributed by atoms with Crippen LogP contribution in [-0.2, 0) is 11.2 Å². The van der Waals surface area contributed by atoms with Crippen molar-refractivity contribution in [1.82, 2.24) is 5.32 Å². The Hall–Kier alpha value is -3.02. The van der Waals surface area contributed by atoms with Crippen LogP contribution in [0.5, 0.6) is 11.5 Å². The van der Waals surface area contributed by atoms with Crippen molar-refractivity contribution < 1.29 is 19.1 Å². The van der Waals surface area contributed by atoms with Crippen LogP contribution in [0.25, 0.3) is 0 Å². The van der Waals surface area contributed by atoms with Crippen LogP contribution < -0.4 is 20.1 Å². The Balaban J connectivity index is 1.53. The molecule has 2 amide bonds. The Kier molecular flexibility index (Phi) is 3.80.